The Bertz CT molecular complexity index is 1590. The number of hydrogen-bond donors (Lipinski definition) is 1. The molecule has 8 nitrogen and oxygen atoms in total. The lowest BCUT2D eigenvalue weighted by Gasteiger charge is -2.14. The fraction of sp³-hybridized carbons (Fsp3) is 0.190. The fourth-order valence-corrected chi connectivity index (χ4v) is 4.84. The minimum atomic E-state index is -4.66. The van der Waals surface area contributed by atoms with Crippen molar-refractivity contribution in [3.8, 4) is 16.9 Å². The third-order valence-corrected chi connectivity index (χ3v) is 6.35. The van der Waals surface area contributed by atoms with E-state index in [-0.39, 0.29) is 40.5 Å². The van der Waals surface area contributed by atoms with E-state index in [9.17, 15) is 17.6 Å². The summed E-state index contributed by atoms with van der Waals surface area (Å²) in [4.78, 5) is 4.10. The van der Waals surface area contributed by atoms with Gasteiger partial charge in [-0.25, -0.2) is 13.8 Å². The van der Waals surface area contributed by atoms with Gasteiger partial charge < -0.3 is 10.5 Å². The number of halogens is 4. The van der Waals surface area contributed by atoms with Crippen molar-refractivity contribution >= 4 is 34.4 Å². The first kappa shape index (κ1) is 20.7. The molecule has 6 rings (SSSR count). The van der Waals surface area contributed by atoms with E-state index in [0.29, 0.717) is 29.9 Å². The Morgan fingerprint density at radius 1 is 1.12 bits per heavy atom. The van der Waals surface area contributed by atoms with Gasteiger partial charge in [-0.15, -0.1) is 10.2 Å². The summed E-state index contributed by atoms with van der Waals surface area (Å²) in [5.41, 5.74) is 6.52. The van der Waals surface area contributed by atoms with Crippen molar-refractivity contribution in [2.45, 2.75) is 19.0 Å². The summed E-state index contributed by atoms with van der Waals surface area (Å²) < 4.78 is 71.5. The van der Waals surface area contributed by atoms with Gasteiger partial charge >= 0.3 is 6.18 Å². The summed E-state index contributed by atoms with van der Waals surface area (Å²) in [6.07, 6.45) is -2.92. The van der Waals surface area contributed by atoms with Gasteiger partial charge in [-0.05, 0) is 24.3 Å². The van der Waals surface area contributed by atoms with E-state index >= 15 is 0 Å². The maximum atomic E-state index is 14.7. The zero-order valence-electron chi connectivity index (χ0n) is 17.1. The molecule has 1 aliphatic heterocycles. The number of ether oxygens (including phenoxy) is 1. The van der Waals surface area contributed by atoms with Gasteiger partial charge in [-0.2, -0.15) is 21.9 Å². The summed E-state index contributed by atoms with van der Waals surface area (Å²) >= 11 is 0.801. The fourth-order valence-electron chi connectivity index (χ4n) is 4.29. The first-order valence-corrected chi connectivity index (χ1v) is 10.8. The van der Waals surface area contributed by atoms with Crippen molar-refractivity contribution in [3.63, 3.8) is 0 Å². The first-order valence-electron chi connectivity index (χ1n) is 10.1. The van der Waals surface area contributed by atoms with E-state index in [1.54, 1.807) is 6.07 Å². The van der Waals surface area contributed by atoms with Crippen LogP contribution in [0, 0.1) is 5.82 Å². The largest absolute Gasteiger partial charge is 0.493 e. The highest BCUT2D eigenvalue weighted by molar-refractivity contribution is 7.00. The van der Waals surface area contributed by atoms with Gasteiger partial charge in [0.15, 0.2) is 5.65 Å². The molecule has 0 saturated carbocycles. The number of rotatable bonds is 3. The van der Waals surface area contributed by atoms with Crippen LogP contribution in [0.4, 0.5) is 23.5 Å². The van der Waals surface area contributed by atoms with Gasteiger partial charge in [0.1, 0.15) is 28.4 Å². The maximum Gasteiger partial charge on any atom is 0.417 e. The molecule has 4 heterocycles. The molecule has 0 fully saturated rings. The number of anilines is 1. The number of benzene rings is 2. The standard InChI is InChI=1S/C21H13F4N7OS/c22-13-2-4-15-9(5-6-33-15)10(13)7-16-28-29-19-11(8-27-20(26)32(16)19)17-12(21(23,24)25)1-3-14-18(17)31-34-30-14/h1-4,8H,5-7H2,(H2,26,27). The zero-order chi connectivity index (χ0) is 23.6. The smallest absolute Gasteiger partial charge is 0.417 e. The van der Waals surface area contributed by atoms with Crippen LogP contribution in [-0.4, -0.2) is 34.9 Å². The third kappa shape index (κ3) is 3.07. The Kier molecular flexibility index (Phi) is 4.46. The maximum absolute atomic E-state index is 14.7. The normalized spacial score (nSPS) is 13.5. The lowest BCUT2D eigenvalue weighted by atomic mass is 9.99. The van der Waals surface area contributed by atoms with E-state index in [2.05, 4.69) is 23.9 Å². The quantitative estimate of drug-likeness (QED) is 0.383. The van der Waals surface area contributed by atoms with Crippen LogP contribution in [-0.2, 0) is 19.0 Å². The van der Waals surface area contributed by atoms with Crippen LogP contribution in [0.15, 0.2) is 30.5 Å². The number of alkyl halides is 3. The van der Waals surface area contributed by atoms with Crippen molar-refractivity contribution in [3.05, 3.63) is 58.8 Å². The van der Waals surface area contributed by atoms with Crippen LogP contribution in [0.25, 0.3) is 27.8 Å². The van der Waals surface area contributed by atoms with Crippen LogP contribution in [0.2, 0.25) is 0 Å². The number of nitrogens with zero attached hydrogens (tertiary/aromatic N) is 6. The summed E-state index contributed by atoms with van der Waals surface area (Å²) in [5.74, 6) is 0.342. The molecule has 0 saturated heterocycles. The van der Waals surface area contributed by atoms with Crippen LogP contribution < -0.4 is 10.5 Å². The molecule has 0 atom stereocenters. The van der Waals surface area contributed by atoms with Crippen LogP contribution in [0.3, 0.4) is 0 Å². The Morgan fingerprint density at radius 3 is 2.79 bits per heavy atom. The van der Waals surface area contributed by atoms with E-state index in [0.717, 1.165) is 23.4 Å². The molecule has 0 amide bonds. The Balaban J connectivity index is 1.57. The molecule has 0 spiro atoms. The zero-order valence-corrected chi connectivity index (χ0v) is 17.9. The predicted octanol–water partition coefficient (Wildman–Crippen LogP) is 4.06. The van der Waals surface area contributed by atoms with E-state index < -0.39 is 17.6 Å². The Hall–Kier alpha value is -3.87. The van der Waals surface area contributed by atoms with Crippen molar-refractivity contribution in [2.75, 3.05) is 12.3 Å². The van der Waals surface area contributed by atoms with Gasteiger partial charge in [-0.1, -0.05) is 0 Å². The third-order valence-electron chi connectivity index (χ3n) is 5.80. The van der Waals surface area contributed by atoms with Gasteiger partial charge in [0.25, 0.3) is 0 Å². The van der Waals surface area contributed by atoms with E-state index in [4.69, 9.17) is 10.5 Å². The van der Waals surface area contributed by atoms with Crippen molar-refractivity contribution in [1.82, 2.24) is 28.3 Å². The lowest BCUT2D eigenvalue weighted by Crippen LogP contribution is -2.10. The minimum Gasteiger partial charge on any atom is -0.493 e. The molecule has 2 aromatic carbocycles. The average Bonchev–Trinajstić information content (AvgIpc) is 3.54. The molecular formula is C21H13F4N7OS. The topological polar surface area (TPSA) is 104 Å². The molecule has 3 aromatic heterocycles. The Morgan fingerprint density at radius 2 is 1.97 bits per heavy atom. The predicted molar refractivity (Wildman–Crippen MR) is 115 cm³/mol. The van der Waals surface area contributed by atoms with Crippen molar-refractivity contribution in [1.29, 1.82) is 0 Å². The first-order chi connectivity index (χ1) is 16.3. The van der Waals surface area contributed by atoms with Gasteiger partial charge in [0, 0.05) is 41.3 Å². The molecular weight excluding hydrogens is 474 g/mol. The Labute approximate surface area is 192 Å². The van der Waals surface area contributed by atoms with Crippen LogP contribution in [0.5, 0.6) is 5.75 Å². The number of hydrogen-bond acceptors (Lipinski definition) is 8. The molecule has 5 aromatic rings. The number of aromatic nitrogens is 6. The van der Waals surface area contributed by atoms with Crippen molar-refractivity contribution in [2.24, 2.45) is 0 Å². The second kappa shape index (κ2) is 7.32. The number of nitrogens with two attached hydrogens (primary N) is 1. The monoisotopic (exact) mass is 487 g/mol. The summed E-state index contributed by atoms with van der Waals surface area (Å²) in [6.45, 7) is 0.437. The van der Waals surface area contributed by atoms with Crippen LogP contribution in [0.1, 0.15) is 22.5 Å². The molecule has 1 aliphatic rings. The minimum absolute atomic E-state index is 0.00342. The number of nitrogen functional groups attached to an aromatic ring is 1. The second-order valence-corrected chi connectivity index (χ2v) is 8.23. The molecule has 34 heavy (non-hydrogen) atoms. The molecule has 0 aliphatic carbocycles. The van der Waals surface area contributed by atoms with Gasteiger partial charge in [0.05, 0.1) is 23.9 Å². The highest BCUT2D eigenvalue weighted by Gasteiger charge is 2.36. The molecule has 2 N–H and O–H groups in total. The lowest BCUT2D eigenvalue weighted by molar-refractivity contribution is -0.137. The highest BCUT2D eigenvalue weighted by atomic mass is 32.1. The molecule has 13 heteroatoms. The molecule has 0 bridgehead atoms. The highest BCUT2D eigenvalue weighted by Crippen LogP contribution is 2.42. The number of fused-ring (bicyclic) bond motifs is 3. The van der Waals surface area contributed by atoms with Gasteiger partial charge in [-0.3, -0.25) is 0 Å². The summed E-state index contributed by atoms with van der Waals surface area (Å²) in [6, 6.07) is 5.09. The average molecular weight is 487 g/mol. The van der Waals surface area contributed by atoms with Crippen LogP contribution >= 0.6 is 11.7 Å². The molecule has 172 valence electrons. The summed E-state index contributed by atoms with van der Waals surface area (Å²) in [5, 5.41) is 8.25. The second-order valence-electron chi connectivity index (χ2n) is 7.70. The van der Waals surface area contributed by atoms with E-state index in [1.807, 2.05) is 0 Å². The SMILES string of the molecule is Nc1ncc(-c2c(C(F)(F)F)ccc3nsnc23)c2nnc(Cc3c(F)ccc4c3CCO4)n12. The van der Waals surface area contributed by atoms with Crippen molar-refractivity contribution < 1.29 is 22.3 Å². The molecule has 0 radical (unpaired) electrons. The molecule has 0 unspecified atom stereocenters. The van der Waals surface area contributed by atoms with E-state index in [1.165, 1.54) is 22.7 Å². The summed E-state index contributed by atoms with van der Waals surface area (Å²) in [7, 11) is 0. The van der Waals surface area contributed by atoms with Gasteiger partial charge in [0.2, 0.25) is 5.95 Å².